The van der Waals surface area contributed by atoms with Crippen molar-refractivity contribution in [1.82, 2.24) is 4.90 Å². The summed E-state index contributed by atoms with van der Waals surface area (Å²) in [7, 11) is 0. The van der Waals surface area contributed by atoms with Crippen LogP contribution in [0.4, 0.5) is 0 Å². The van der Waals surface area contributed by atoms with Crippen molar-refractivity contribution >= 4 is 0 Å². The quantitative estimate of drug-likeness (QED) is 0.804. The summed E-state index contributed by atoms with van der Waals surface area (Å²) in [6.45, 7) is 5.80. The van der Waals surface area contributed by atoms with Gasteiger partial charge in [-0.15, -0.1) is 0 Å². The van der Waals surface area contributed by atoms with Crippen molar-refractivity contribution in [2.45, 2.75) is 58.0 Å². The highest BCUT2D eigenvalue weighted by molar-refractivity contribution is 4.83. The second-order valence-corrected chi connectivity index (χ2v) is 6.75. The van der Waals surface area contributed by atoms with Crippen LogP contribution in [0.2, 0.25) is 0 Å². The SMILES string of the molecule is CCCC1CCC(O)C(CN2CCCC(CO)C2)C1. The molecule has 2 rings (SSSR count). The van der Waals surface area contributed by atoms with E-state index in [1.54, 1.807) is 0 Å². The van der Waals surface area contributed by atoms with E-state index in [-0.39, 0.29) is 6.10 Å². The highest BCUT2D eigenvalue weighted by Gasteiger charge is 2.31. The molecule has 1 saturated heterocycles. The predicted molar refractivity (Wildman–Crippen MR) is 78.0 cm³/mol. The Morgan fingerprint density at radius 3 is 2.74 bits per heavy atom. The molecule has 1 saturated carbocycles. The average Bonchev–Trinajstić information content (AvgIpc) is 2.43. The number of likely N-dealkylation sites (tertiary alicyclic amines) is 1. The molecular formula is C16H31NO2. The van der Waals surface area contributed by atoms with E-state index >= 15 is 0 Å². The Kier molecular flexibility index (Phi) is 6.11. The smallest absolute Gasteiger partial charge is 0.0580 e. The van der Waals surface area contributed by atoms with E-state index in [9.17, 15) is 10.2 Å². The Labute approximate surface area is 118 Å². The topological polar surface area (TPSA) is 43.7 Å². The minimum Gasteiger partial charge on any atom is -0.396 e. The second-order valence-electron chi connectivity index (χ2n) is 6.75. The van der Waals surface area contributed by atoms with E-state index in [1.807, 2.05) is 0 Å². The standard InChI is InChI=1S/C16H31NO2/c1-2-4-13-6-7-16(19)15(9-13)11-17-8-3-5-14(10-17)12-18/h13-16,18-19H,2-12H2,1H3. The van der Waals surface area contributed by atoms with Crippen molar-refractivity contribution in [3.05, 3.63) is 0 Å². The van der Waals surface area contributed by atoms with Crippen LogP contribution in [0.3, 0.4) is 0 Å². The van der Waals surface area contributed by atoms with Crippen molar-refractivity contribution in [3.63, 3.8) is 0 Å². The summed E-state index contributed by atoms with van der Waals surface area (Å²) in [6.07, 6.45) is 8.27. The molecule has 2 fully saturated rings. The number of nitrogens with zero attached hydrogens (tertiary/aromatic N) is 1. The molecule has 1 heterocycles. The van der Waals surface area contributed by atoms with E-state index in [0.717, 1.165) is 32.0 Å². The highest BCUT2D eigenvalue weighted by Crippen LogP contribution is 2.33. The van der Waals surface area contributed by atoms with Crippen LogP contribution < -0.4 is 0 Å². The Bertz CT molecular complexity index is 259. The maximum absolute atomic E-state index is 10.2. The lowest BCUT2D eigenvalue weighted by molar-refractivity contribution is 0.0140. The van der Waals surface area contributed by atoms with Crippen LogP contribution in [0.15, 0.2) is 0 Å². The van der Waals surface area contributed by atoms with E-state index < -0.39 is 0 Å². The number of hydrogen-bond acceptors (Lipinski definition) is 3. The molecule has 0 aromatic carbocycles. The van der Waals surface area contributed by atoms with Gasteiger partial charge in [0, 0.05) is 19.7 Å². The van der Waals surface area contributed by atoms with Crippen LogP contribution >= 0.6 is 0 Å². The van der Waals surface area contributed by atoms with Crippen LogP contribution in [0.1, 0.15) is 51.9 Å². The first-order valence-electron chi connectivity index (χ1n) is 8.24. The van der Waals surface area contributed by atoms with E-state index in [1.165, 1.54) is 38.5 Å². The fourth-order valence-electron chi connectivity index (χ4n) is 4.01. The van der Waals surface area contributed by atoms with Crippen molar-refractivity contribution in [1.29, 1.82) is 0 Å². The third-order valence-electron chi connectivity index (χ3n) is 5.10. The Morgan fingerprint density at radius 1 is 1.16 bits per heavy atom. The molecule has 112 valence electrons. The molecule has 2 N–H and O–H groups in total. The van der Waals surface area contributed by atoms with Gasteiger partial charge in [0.2, 0.25) is 0 Å². The largest absolute Gasteiger partial charge is 0.396 e. The Hall–Kier alpha value is -0.120. The highest BCUT2D eigenvalue weighted by atomic mass is 16.3. The molecule has 0 aromatic heterocycles. The van der Waals surface area contributed by atoms with Crippen molar-refractivity contribution in [2.24, 2.45) is 17.8 Å². The van der Waals surface area contributed by atoms with Crippen LogP contribution in [-0.2, 0) is 0 Å². The third kappa shape index (κ3) is 4.44. The lowest BCUT2D eigenvalue weighted by Crippen LogP contribution is -2.43. The fourth-order valence-corrected chi connectivity index (χ4v) is 4.01. The number of rotatable bonds is 5. The number of aliphatic hydroxyl groups excluding tert-OH is 2. The first kappa shape index (κ1) is 15.3. The summed E-state index contributed by atoms with van der Waals surface area (Å²) in [5.74, 6) is 1.75. The van der Waals surface area contributed by atoms with Gasteiger partial charge in [0.1, 0.15) is 0 Å². The molecule has 3 heteroatoms. The number of hydrogen-bond donors (Lipinski definition) is 2. The van der Waals surface area contributed by atoms with Crippen LogP contribution in [-0.4, -0.2) is 47.5 Å². The van der Waals surface area contributed by atoms with Gasteiger partial charge >= 0.3 is 0 Å². The van der Waals surface area contributed by atoms with Crippen LogP contribution in [0, 0.1) is 17.8 Å². The summed E-state index contributed by atoms with van der Waals surface area (Å²) < 4.78 is 0. The van der Waals surface area contributed by atoms with E-state index in [4.69, 9.17) is 0 Å². The van der Waals surface area contributed by atoms with Crippen molar-refractivity contribution in [2.75, 3.05) is 26.2 Å². The zero-order valence-corrected chi connectivity index (χ0v) is 12.4. The second kappa shape index (κ2) is 7.61. The normalized spacial score (nSPS) is 37.4. The van der Waals surface area contributed by atoms with Gasteiger partial charge in [-0.1, -0.05) is 19.8 Å². The fraction of sp³-hybridized carbons (Fsp3) is 1.00. The van der Waals surface area contributed by atoms with Crippen molar-refractivity contribution < 1.29 is 10.2 Å². The lowest BCUT2D eigenvalue weighted by Gasteiger charge is -2.39. The molecule has 3 nitrogen and oxygen atoms in total. The molecule has 2 aliphatic rings. The zero-order chi connectivity index (χ0) is 13.7. The molecule has 19 heavy (non-hydrogen) atoms. The zero-order valence-electron chi connectivity index (χ0n) is 12.4. The van der Waals surface area contributed by atoms with Crippen molar-refractivity contribution in [3.8, 4) is 0 Å². The Balaban J connectivity index is 1.82. The predicted octanol–water partition coefficient (Wildman–Crippen LogP) is 2.27. The summed E-state index contributed by atoms with van der Waals surface area (Å²) in [5, 5.41) is 19.5. The molecule has 4 atom stereocenters. The molecule has 1 aliphatic carbocycles. The molecular weight excluding hydrogens is 238 g/mol. The minimum absolute atomic E-state index is 0.0948. The van der Waals surface area contributed by atoms with Gasteiger partial charge in [0.25, 0.3) is 0 Å². The summed E-state index contributed by atoms with van der Waals surface area (Å²) in [5.41, 5.74) is 0. The Morgan fingerprint density at radius 2 is 2.00 bits per heavy atom. The lowest BCUT2D eigenvalue weighted by atomic mass is 9.77. The molecule has 0 spiro atoms. The first-order chi connectivity index (χ1) is 9.22. The molecule has 0 radical (unpaired) electrons. The third-order valence-corrected chi connectivity index (χ3v) is 5.10. The maximum Gasteiger partial charge on any atom is 0.0580 e. The minimum atomic E-state index is -0.0948. The van der Waals surface area contributed by atoms with Gasteiger partial charge in [-0.05, 0) is 56.4 Å². The molecule has 0 amide bonds. The van der Waals surface area contributed by atoms with Gasteiger partial charge < -0.3 is 15.1 Å². The van der Waals surface area contributed by atoms with Gasteiger partial charge in [0.05, 0.1) is 6.10 Å². The number of aliphatic hydroxyl groups is 2. The van der Waals surface area contributed by atoms with Crippen LogP contribution in [0.5, 0.6) is 0 Å². The molecule has 0 aromatic rings. The van der Waals surface area contributed by atoms with Crippen LogP contribution in [0.25, 0.3) is 0 Å². The summed E-state index contributed by atoms with van der Waals surface area (Å²) >= 11 is 0. The van der Waals surface area contributed by atoms with E-state index in [2.05, 4.69) is 11.8 Å². The summed E-state index contributed by atoms with van der Waals surface area (Å²) in [4.78, 5) is 2.48. The average molecular weight is 269 g/mol. The van der Waals surface area contributed by atoms with E-state index in [0.29, 0.717) is 18.4 Å². The van der Waals surface area contributed by atoms with Gasteiger partial charge in [-0.25, -0.2) is 0 Å². The van der Waals surface area contributed by atoms with Gasteiger partial charge in [-0.3, -0.25) is 0 Å². The maximum atomic E-state index is 10.2. The molecule has 1 aliphatic heterocycles. The monoisotopic (exact) mass is 269 g/mol. The number of piperidine rings is 1. The van der Waals surface area contributed by atoms with Gasteiger partial charge in [-0.2, -0.15) is 0 Å². The molecule has 0 bridgehead atoms. The first-order valence-corrected chi connectivity index (χ1v) is 8.24. The van der Waals surface area contributed by atoms with Gasteiger partial charge in [0.15, 0.2) is 0 Å². The summed E-state index contributed by atoms with van der Waals surface area (Å²) in [6, 6.07) is 0. The molecule has 4 unspecified atom stereocenters.